The first-order chi connectivity index (χ1) is 40.6. The number of carbonyl (C=O) groups is 7. The van der Waals surface area contributed by atoms with Crippen molar-refractivity contribution >= 4 is 66.2 Å². The lowest BCUT2D eigenvalue weighted by Crippen LogP contribution is -2.64. The van der Waals surface area contributed by atoms with E-state index < -0.39 is 152 Å². The van der Waals surface area contributed by atoms with Crippen LogP contribution in [0.15, 0.2) is 66.7 Å². The van der Waals surface area contributed by atoms with Crippen molar-refractivity contribution in [3.63, 3.8) is 0 Å². The van der Waals surface area contributed by atoms with Crippen LogP contribution in [-0.2, 0) is 39.9 Å². The topological polar surface area (TPSA) is 407 Å². The number of phenolic OH excluding ortho intramolecular Hbond substituents is 1. The quantitative estimate of drug-likeness (QED) is 0.0501. The van der Waals surface area contributed by atoms with Crippen molar-refractivity contribution in [3.8, 4) is 28.4 Å². The first kappa shape index (κ1) is 73.0. The van der Waals surface area contributed by atoms with Crippen LogP contribution in [0, 0.1) is 5.92 Å². The molecule has 484 valence electrons. The van der Waals surface area contributed by atoms with Crippen molar-refractivity contribution in [2.75, 3.05) is 59.7 Å². The second-order valence-electron chi connectivity index (χ2n) is 22.1. The molecule has 16 N–H and O–H groups in total. The number of benzene rings is 3. The molecule has 0 bridgehead atoms. The van der Waals surface area contributed by atoms with Gasteiger partial charge in [-0.1, -0.05) is 62.9 Å². The number of hydrogen-bond acceptors (Lipinski definition) is 19. The van der Waals surface area contributed by atoms with Gasteiger partial charge >= 0.3 is 0 Å². The molecule has 3 heterocycles. The minimum absolute atomic E-state index is 0. The van der Waals surface area contributed by atoms with Crippen molar-refractivity contribution in [1.82, 2.24) is 36.4 Å². The Morgan fingerprint density at radius 3 is 1.92 bits per heavy atom. The number of carbonyl (C=O) groups excluding carboxylic acids is 7. The van der Waals surface area contributed by atoms with Crippen LogP contribution in [0.2, 0.25) is 0 Å². The van der Waals surface area contributed by atoms with E-state index in [0.29, 0.717) is 12.4 Å². The first-order valence-corrected chi connectivity index (χ1v) is 29.0. The van der Waals surface area contributed by atoms with Crippen molar-refractivity contribution in [2.45, 2.75) is 151 Å². The summed E-state index contributed by atoms with van der Waals surface area (Å²) >= 11 is 0. The predicted octanol–water partition coefficient (Wildman–Crippen LogP) is -1.10. The summed E-state index contributed by atoms with van der Waals surface area (Å²) in [5.41, 5.74) is 13.3. The highest BCUT2D eigenvalue weighted by molar-refractivity contribution is 6.00. The Bertz CT molecular complexity index is 2720. The number of methoxy groups -OCH3 is 1. The van der Waals surface area contributed by atoms with Gasteiger partial charge in [0, 0.05) is 70.6 Å². The van der Waals surface area contributed by atoms with Gasteiger partial charge in [0.1, 0.15) is 48.6 Å². The van der Waals surface area contributed by atoms with Gasteiger partial charge in [-0.2, -0.15) is 0 Å². The largest absolute Gasteiger partial charge is 0.504 e. The van der Waals surface area contributed by atoms with Gasteiger partial charge in [-0.3, -0.25) is 33.6 Å². The Hall–Kier alpha value is -6.43. The zero-order valence-electron chi connectivity index (χ0n) is 49.2. The SMILES string of the molecule is COCCCCCCCCOc1ccc(-c2ccc(C(=O)N[C@H]3C[C@@H](O)CNC(=O)[C@@H]4[C@@H](O)[C@@H](C)CN4C(=O)[C@H]([C@H](O)CCN)NC(=O)[C@H]([C@H](O)Cc4ccc(O)c(OCCN)c4)NC(=O)[C@@H]4C[C@@H](O)CN4C(=O)[C@H]([C@@H](C)O)NC3=O)cc2)cc1.Cl.Cl. The molecular formula is C59H87Cl2N9O17. The molecular weight excluding hydrogens is 1180 g/mol. The van der Waals surface area contributed by atoms with E-state index in [9.17, 15) is 69.3 Å². The maximum atomic E-state index is 14.7. The molecule has 0 radical (unpaired) electrons. The number of aliphatic hydroxyl groups excluding tert-OH is 6. The molecule has 87 heavy (non-hydrogen) atoms. The number of β-amino-alcohol motifs (C(OH)–C–C–N with tert-alkyl or cyclic N) is 1. The van der Waals surface area contributed by atoms with Crippen LogP contribution < -0.4 is 47.5 Å². The van der Waals surface area contributed by atoms with Crippen molar-refractivity contribution in [1.29, 1.82) is 0 Å². The van der Waals surface area contributed by atoms with E-state index in [2.05, 4.69) is 26.6 Å². The normalized spacial score (nSPS) is 25.1. The minimum Gasteiger partial charge on any atom is -0.504 e. The molecule has 0 aliphatic carbocycles. The summed E-state index contributed by atoms with van der Waals surface area (Å²) in [6.07, 6.45) is -5.32. The highest BCUT2D eigenvalue weighted by Gasteiger charge is 2.49. The summed E-state index contributed by atoms with van der Waals surface area (Å²) in [6.45, 7) is 2.47. The summed E-state index contributed by atoms with van der Waals surface area (Å²) in [4.78, 5) is 103. The summed E-state index contributed by atoms with van der Waals surface area (Å²) in [7, 11) is 1.70. The molecule has 0 spiro atoms. The third kappa shape index (κ3) is 20.3. The van der Waals surface area contributed by atoms with Gasteiger partial charge in [0.25, 0.3) is 5.91 Å². The smallest absolute Gasteiger partial charge is 0.251 e. The number of ether oxygens (including phenoxy) is 3. The lowest BCUT2D eigenvalue weighted by molar-refractivity contribution is -0.147. The number of phenols is 1. The number of aliphatic hydroxyl groups is 6. The molecule has 13 atom stereocenters. The van der Waals surface area contributed by atoms with Crippen LogP contribution in [0.1, 0.15) is 87.6 Å². The maximum absolute atomic E-state index is 14.7. The minimum atomic E-state index is -2.03. The Labute approximate surface area is 518 Å². The van der Waals surface area contributed by atoms with Crippen LogP contribution >= 0.6 is 24.8 Å². The molecule has 3 fully saturated rings. The molecule has 3 aliphatic heterocycles. The maximum Gasteiger partial charge on any atom is 0.251 e. The number of hydrogen-bond donors (Lipinski definition) is 14. The number of rotatable bonds is 23. The van der Waals surface area contributed by atoms with E-state index >= 15 is 0 Å². The molecule has 28 heteroatoms. The van der Waals surface area contributed by atoms with Gasteiger partial charge in [0.05, 0.1) is 43.2 Å². The van der Waals surface area contributed by atoms with E-state index in [-0.39, 0.29) is 80.1 Å². The number of nitrogens with two attached hydrogens (primary N) is 2. The first-order valence-electron chi connectivity index (χ1n) is 29.0. The standard InChI is InChI=1S/C59H85N9O17.2ClH/c1-33-31-68-51(52(33)75)57(80)62-30-39(70)28-42(63-53(76)38-13-11-36(12-14-38)37-15-17-41(18-16-37)84-24-9-7-5-4-6-8-23-83-3)54(77)64-48(34(2)69)58(81)67-32-40(71)29-43(67)55(78)65-49(56(79)66-50(59(68)82)45(73)20-21-60)46(74)26-35-10-19-44(72)47(27-35)85-25-22-61;;/h10-19,27,33-34,39-40,42-43,45-46,48-52,69-75H,4-9,20-26,28-32,60-61H2,1-3H3,(H,62,80)(H,63,76)(H,64,77)(H,65,78)(H,66,79);2*1H/t33-,34+,39+,40+,42-,43-,45+,46+,48-,49-,50-,51-,52-;;/m0../s1. The van der Waals surface area contributed by atoms with Gasteiger partial charge in [0.2, 0.25) is 35.4 Å². The van der Waals surface area contributed by atoms with Crippen LogP contribution in [0.3, 0.4) is 0 Å². The molecule has 3 aliphatic rings. The average molecular weight is 1270 g/mol. The third-order valence-corrected chi connectivity index (χ3v) is 15.4. The van der Waals surface area contributed by atoms with Gasteiger partial charge in [-0.05, 0) is 85.8 Å². The fourth-order valence-corrected chi connectivity index (χ4v) is 10.6. The second-order valence-corrected chi connectivity index (χ2v) is 22.1. The highest BCUT2D eigenvalue weighted by atomic mass is 35.5. The molecule has 0 unspecified atom stereocenters. The third-order valence-electron chi connectivity index (χ3n) is 15.4. The van der Waals surface area contributed by atoms with Crippen molar-refractivity contribution < 1.29 is 83.5 Å². The second kappa shape index (κ2) is 35.5. The summed E-state index contributed by atoms with van der Waals surface area (Å²) in [5.74, 6) is -7.85. The van der Waals surface area contributed by atoms with E-state index in [0.717, 1.165) is 73.0 Å². The van der Waals surface area contributed by atoms with Crippen molar-refractivity contribution in [3.05, 3.63) is 77.9 Å². The molecule has 26 nitrogen and oxygen atoms in total. The number of nitrogens with one attached hydrogen (secondary N) is 5. The monoisotopic (exact) mass is 1260 g/mol. The van der Waals surface area contributed by atoms with Gasteiger partial charge in [-0.25, -0.2) is 0 Å². The molecule has 0 aromatic heterocycles. The van der Waals surface area contributed by atoms with Crippen LogP contribution in [0.25, 0.3) is 11.1 Å². The fourth-order valence-electron chi connectivity index (χ4n) is 10.6. The Morgan fingerprint density at radius 1 is 0.678 bits per heavy atom. The zero-order chi connectivity index (χ0) is 61.9. The summed E-state index contributed by atoms with van der Waals surface area (Å²) in [5, 5.41) is 91.1. The summed E-state index contributed by atoms with van der Waals surface area (Å²) in [6, 6.07) is 6.96. The number of aromatic hydroxyl groups is 1. The predicted molar refractivity (Wildman–Crippen MR) is 323 cm³/mol. The Morgan fingerprint density at radius 2 is 1.29 bits per heavy atom. The zero-order valence-corrected chi connectivity index (χ0v) is 50.8. The number of fused-ring (bicyclic) bond motifs is 2. The molecule has 6 rings (SSSR count). The van der Waals surface area contributed by atoms with Gasteiger partial charge in [-0.15, -0.1) is 24.8 Å². The van der Waals surface area contributed by atoms with Crippen LogP contribution in [-0.4, -0.2) is 219 Å². The van der Waals surface area contributed by atoms with E-state index in [4.69, 9.17) is 25.7 Å². The van der Waals surface area contributed by atoms with Gasteiger partial charge in [0.15, 0.2) is 11.5 Å². The lowest BCUT2D eigenvalue weighted by atomic mass is 9.98. The van der Waals surface area contributed by atoms with E-state index in [1.165, 1.54) is 37.3 Å². The number of nitrogens with zero attached hydrogens (tertiary/aromatic N) is 2. The molecule has 0 saturated carbocycles. The van der Waals surface area contributed by atoms with Crippen LogP contribution in [0.5, 0.6) is 17.2 Å². The molecule has 3 aromatic carbocycles. The molecule has 7 amide bonds. The number of amides is 7. The number of halogens is 2. The lowest BCUT2D eigenvalue weighted by Gasteiger charge is -2.34. The van der Waals surface area contributed by atoms with Gasteiger partial charge < -0.3 is 97.8 Å². The average Bonchev–Trinajstić information content (AvgIpc) is 2.24. The molecule has 3 aromatic rings. The van der Waals surface area contributed by atoms with E-state index in [1.807, 2.05) is 24.3 Å². The summed E-state index contributed by atoms with van der Waals surface area (Å²) < 4.78 is 16.6. The van der Waals surface area contributed by atoms with Crippen molar-refractivity contribution in [2.24, 2.45) is 17.4 Å². The Balaban J connectivity index is 0.00000810. The Kier molecular flexibility index (Phi) is 29.8. The fraction of sp³-hybridized carbons (Fsp3) is 0.576. The van der Waals surface area contributed by atoms with Crippen LogP contribution in [0.4, 0.5) is 0 Å². The highest BCUT2D eigenvalue weighted by Crippen LogP contribution is 2.30. The van der Waals surface area contributed by atoms with E-state index in [1.54, 1.807) is 19.2 Å². The molecule has 3 saturated heterocycles. The number of unbranched alkanes of at least 4 members (excludes halogenated alkanes) is 5.